The van der Waals surface area contributed by atoms with Gasteiger partial charge in [-0.3, -0.25) is 9.78 Å². The smallest absolute Gasteiger partial charge is 0.332 e. The van der Waals surface area contributed by atoms with E-state index in [0.717, 1.165) is 0 Å². The molecule has 0 saturated heterocycles. The van der Waals surface area contributed by atoms with Crippen molar-refractivity contribution in [1.82, 2.24) is 9.55 Å². The Morgan fingerprint density at radius 1 is 1.59 bits per heavy atom. The zero-order valence-corrected chi connectivity index (χ0v) is 9.19. The average molecular weight is 246 g/mol. The Balaban J connectivity index is 3.32. The van der Waals surface area contributed by atoms with Crippen molar-refractivity contribution < 1.29 is 19.0 Å². The number of hydrogen-bond donors (Lipinski definition) is 2. The largest absolute Gasteiger partial charge is 0.492 e. The predicted molar refractivity (Wildman–Crippen MR) is 54.3 cm³/mol. The zero-order valence-electron chi connectivity index (χ0n) is 9.19. The van der Waals surface area contributed by atoms with E-state index in [9.17, 15) is 23.9 Å². The van der Waals surface area contributed by atoms with Gasteiger partial charge in [0.05, 0.1) is 6.61 Å². The van der Waals surface area contributed by atoms with Crippen LogP contribution in [0.5, 0.6) is 5.88 Å². The Labute approximate surface area is 94.5 Å². The predicted octanol–water partition coefficient (Wildman–Crippen LogP) is -0.495. The van der Waals surface area contributed by atoms with Gasteiger partial charge in [-0.1, -0.05) is 0 Å². The summed E-state index contributed by atoms with van der Waals surface area (Å²) in [7, 11) is 0. The molecule has 1 atom stereocenters. The third kappa shape index (κ3) is 2.35. The lowest BCUT2D eigenvalue weighted by Gasteiger charge is -2.14. The first kappa shape index (κ1) is 12.9. The summed E-state index contributed by atoms with van der Waals surface area (Å²) >= 11 is 0. The van der Waals surface area contributed by atoms with Crippen LogP contribution < -0.4 is 11.2 Å². The molecule has 0 bridgehead atoms. The standard InChI is InChI=1S/C9H11FN2O5/c1-3-17-8(15)4(2)12-7(14)5(10)6(13)11-9(12)16/h4,14H,3H2,1-2H3,(H,11,13,16). The lowest BCUT2D eigenvalue weighted by Crippen LogP contribution is -2.36. The van der Waals surface area contributed by atoms with Gasteiger partial charge in [-0.2, -0.15) is 4.39 Å². The molecule has 0 aliphatic carbocycles. The highest BCUT2D eigenvalue weighted by Crippen LogP contribution is 2.15. The summed E-state index contributed by atoms with van der Waals surface area (Å²) in [4.78, 5) is 35.1. The van der Waals surface area contributed by atoms with Gasteiger partial charge in [0, 0.05) is 0 Å². The molecule has 0 radical (unpaired) electrons. The number of carbonyl (C=O) groups is 1. The van der Waals surface area contributed by atoms with Gasteiger partial charge in [0.15, 0.2) is 0 Å². The summed E-state index contributed by atoms with van der Waals surface area (Å²) in [5.41, 5.74) is -2.44. The summed E-state index contributed by atoms with van der Waals surface area (Å²) in [5.74, 6) is -3.54. The van der Waals surface area contributed by atoms with Crippen LogP contribution in [0.4, 0.5) is 4.39 Å². The van der Waals surface area contributed by atoms with Crippen molar-refractivity contribution in [2.75, 3.05) is 6.61 Å². The molecule has 0 aromatic carbocycles. The van der Waals surface area contributed by atoms with Gasteiger partial charge >= 0.3 is 11.7 Å². The molecule has 1 aromatic rings. The van der Waals surface area contributed by atoms with Crippen LogP contribution in [0, 0.1) is 5.82 Å². The van der Waals surface area contributed by atoms with E-state index in [2.05, 4.69) is 4.74 Å². The van der Waals surface area contributed by atoms with Crippen LogP contribution in [0.15, 0.2) is 9.59 Å². The number of nitrogens with one attached hydrogen (secondary N) is 1. The number of hydrogen-bond acceptors (Lipinski definition) is 5. The van der Waals surface area contributed by atoms with Crippen molar-refractivity contribution in [2.24, 2.45) is 0 Å². The second kappa shape index (κ2) is 4.81. The van der Waals surface area contributed by atoms with Crippen molar-refractivity contribution in [1.29, 1.82) is 0 Å². The van der Waals surface area contributed by atoms with Crippen LogP contribution in [0.3, 0.4) is 0 Å². The molecule has 0 spiro atoms. The van der Waals surface area contributed by atoms with Crippen LogP contribution in [-0.2, 0) is 9.53 Å². The van der Waals surface area contributed by atoms with Gasteiger partial charge in [0.2, 0.25) is 11.7 Å². The highest BCUT2D eigenvalue weighted by Gasteiger charge is 2.23. The Morgan fingerprint density at radius 3 is 2.71 bits per heavy atom. The summed E-state index contributed by atoms with van der Waals surface area (Å²) in [5, 5.41) is 9.31. The number of H-pyrrole nitrogens is 1. The first-order valence-electron chi connectivity index (χ1n) is 4.80. The van der Waals surface area contributed by atoms with E-state index in [0.29, 0.717) is 4.57 Å². The second-order valence-electron chi connectivity index (χ2n) is 3.19. The van der Waals surface area contributed by atoms with E-state index in [1.807, 2.05) is 0 Å². The number of ether oxygens (including phenoxy) is 1. The van der Waals surface area contributed by atoms with Gasteiger partial charge in [0.1, 0.15) is 6.04 Å². The van der Waals surface area contributed by atoms with Gasteiger partial charge < -0.3 is 9.84 Å². The molecule has 94 valence electrons. The number of aromatic nitrogens is 2. The van der Waals surface area contributed by atoms with Crippen LogP contribution >= 0.6 is 0 Å². The lowest BCUT2D eigenvalue weighted by atomic mass is 10.3. The number of nitrogens with zero attached hydrogens (tertiary/aromatic N) is 1. The second-order valence-corrected chi connectivity index (χ2v) is 3.19. The zero-order chi connectivity index (χ0) is 13.2. The Bertz CT molecular complexity index is 547. The SMILES string of the molecule is CCOC(=O)C(C)n1c(O)c(F)c(=O)[nH]c1=O. The van der Waals surface area contributed by atoms with E-state index < -0.39 is 35.0 Å². The molecule has 0 aliphatic rings. The van der Waals surface area contributed by atoms with E-state index in [-0.39, 0.29) is 6.61 Å². The van der Waals surface area contributed by atoms with Crippen LogP contribution in [0.2, 0.25) is 0 Å². The minimum absolute atomic E-state index is 0.0739. The van der Waals surface area contributed by atoms with Crippen LogP contribution in [-0.4, -0.2) is 27.2 Å². The minimum atomic E-state index is -1.53. The summed E-state index contributed by atoms with van der Waals surface area (Å²) in [6.45, 7) is 2.86. The van der Waals surface area contributed by atoms with Crippen molar-refractivity contribution in [3.8, 4) is 5.88 Å². The van der Waals surface area contributed by atoms with Gasteiger partial charge in [0.25, 0.3) is 5.56 Å². The van der Waals surface area contributed by atoms with Gasteiger partial charge in [-0.25, -0.2) is 14.2 Å². The highest BCUT2D eigenvalue weighted by atomic mass is 19.1. The summed E-state index contributed by atoms with van der Waals surface area (Å²) in [6.07, 6.45) is 0. The number of halogens is 1. The van der Waals surface area contributed by atoms with Crippen LogP contribution in [0.1, 0.15) is 19.9 Å². The molecule has 1 rings (SSSR count). The maximum atomic E-state index is 13.1. The van der Waals surface area contributed by atoms with Gasteiger partial charge in [-0.15, -0.1) is 0 Å². The fourth-order valence-corrected chi connectivity index (χ4v) is 1.24. The molecule has 0 saturated carbocycles. The van der Waals surface area contributed by atoms with E-state index >= 15 is 0 Å². The van der Waals surface area contributed by atoms with Crippen molar-refractivity contribution in [3.05, 3.63) is 26.7 Å². The molecule has 2 N–H and O–H groups in total. The number of rotatable bonds is 3. The molecule has 8 heteroatoms. The van der Waals surface area contributed by atoms with Gasteiger partial charge in [-0.05, 0) is 13.8 Å². The molecule has 0 amide bonds. The minimum Gasteiger partial charge on any atom is -0.492 e. The van der Waals surface area contributed by atoms with E-state index in [1.165, 1.54) is 6.92 Å². The maximum absolute atomic E-state index is 13.1. The first-order chi connectivity index (χ1) is 7.90. The molecular formula is C9H11FN2O5. The molecule has 7 nitrogen and oxygen atoms in total. The quantitative estimate of drug-likeness (QED) is 0.700. The third-order valence-corrected chi connectivity index (χ3v) is 2.08. The Kier molecular flexibility index (Phi) is 3.66. The Hall–Kier alpha value is -2.12. The van der Waals surface area contributed by atoms with Crippen LogP contribution in [0.25, 0.3) is 0 Å². The number of aromatic hydroxyl groups is 1. The molecule has 1 heterocycles. The maximum Gasteiger partial charge on any atom is 0.332 e. The fraction of sp³-hybridized carbons (Fsp3) is 0.444. The number of carbonyl (C=O) groups excluding carboxylic acids is 1. The summed E-state index contributed by atoms with van der Waals surface area (Å²) in [6, 6.07) is -1.24. The molecule has 1 aromatic heterocycles. The summed E-state index contributed by atoms with van der Waals surface area (Å²) < 4.78 is 18.1. The molecule has 0 fully saturated rings. The van der Waals surface area contributed by atoms with Crippen molar-refractivity contribution in [2.45, 2.75) is 19.9 Å². The topological polar surface area (TPSA) is 101 Å². The van der Waals surface area contributed by atoms with E-state index in [4.69, 9.17) is 0 Å². The van der Waals surface area contributed by atoms with Crippen molar-refractivity contribution >= 4 is 5.97 Å². The fourth-order valence-electron chi connectivity index (χ4n) is 1.24. The number of esters is 1. The normalized spacial score (nSPS) is 12.2. The average Bonchev–Trinajstić information content (AvgIpc) is 2.26. The first-order valence-corrected chi connectivity index (χ1v) is 4.80. The molecular weight excluding hydrogens is 235 g/mol. The van der Waals surface area contributed by atoms with Crippen molar-refractivity contribution in [3.63, 3.8) is 0 Å². The molecule has 0 aliphatic heterocycles. The van der Waals surface area contributed by atoms with E-state index in [1.54, 1.807) is 11.9 Å². The highest BCUT2D eigenvalue weighted by molar-refractivity contribution is 5.73. The molecule has 17 heavy (non-hydrogen) atoms. The third-order valence-electron chi connectivity index (χ3n) is 2.08. The Morgan fingerprint density at radius 2 is 2.18 bits per heavy atom. The number of aromatic amines is 1. The monoisotopic (exact) mass is 246 g/mol. The lowest BCUT2D eigenvalue weighted by molar-refractivity contribution is -0.146. The molecule has 1 unspecified atom stereocenters.